The second kappa shape index (κ2) is 5.35. The lowest BCUT2D eigenvalue weighted by Crippen LogP contribution is -2.04. The van der Waals surface area contributed by atoms with Crippen molar-refractivity contribution in [2.75, 3.05) is 5.32 Å². The summed E-state index contributed by atoms with van der Waals surface area (Å²) in [6, 6.07) is 13.6. The summed E-state index contributed by atoms with van der Waals surface area (Å²) in [6.07, 6.45) is 0. The first kappa shape index (κ1) is 13.3. The van der Waals surface area contributed by atoms with E-state index >= 15 is 0 Å². The summed E-state index contributed by atoms with van der Waals surface area (Å²) < 4.78 is 2.03. The third-order valence-electron chi connectivity index (χ3n) is 3.22. The van der Waals surface area contributed by atoms with Crippen LogP contribution in [0.3, 0.4) is 0 Å². The zero-order valence-electron chi connectivity index (χ0n) is 10.9. The number of para-hydroxylation sites is 2. The van der Waals surface area contributed by atoms with E-state index < -0.39 is 0 Å². The second-order valence-corrected chi connectivity index (χ2v) is 5.40. The Morgan fingerprint density at radius 2 is 1.90 bits per heavy atom. The van der Waals surface area contributed by atoms with Crippen molar-refractivity contribution in [3.63, 3.8) is 0 Å². The molecule has 102 valence electrons. The van der Waals surface area contributed by atoms with Gasteiger partial charge in [0.15, 0.2) is 0 Å². The molecule has 0 amide bonds. The Morgan fingerprint density at radius 1 is 1.10 bits per heavy atom. The van der Waals surface area contributed by atoms with Gasteiger partial charge in [-0.3, -0.25) is 0 Å². The van der Waals surface area contributed by atoms with E-state index in [1.54, 1.807) is 6.07 Å². The quantitative estimate of drug-likeness (QED) is 0.772. The van der Waals surface area contributed by atoms with Gasteiger partial charge >= 0.3 is 0 Å². The molecule has 0 bridgehead atoms. The van der Waals surface area contributed by atoms with Crippen LogP contribution in [0.4, 0.5) is 5.95 Å². The number of aromatic nitrogens is 2. The number of imidazole rings is 1. The molecule has 0 fully saturated rings. The Morgan fingerprint density at radius 3 is 2.65 bits per heavy atom. The van der Waals surface area contributed by atoms with E-state index in [0.29, 0.717) is 16.6 Å². The number of anilines is 1. The highest BCUT2D eigenvalue weighted by atomic mass is 35.5. The van der Waals surface area contributed by atoms with Gasteiger partial charge in [-0.25, -0.2) is 4.98 Å². The van der Waals surface area contributed by atoms with Crippen molar-refractivity contribution in [2.45, 2.75) is 6.54 Å². The molecule has 0 unspecified atom stereocenters. The first-order valence-corrected chi connectivity index (χ1v) is 7.00. The van der Waals surface area contributed by atoms with Crippen LogP contribution in [0.25, 0.3) is 11.0 Å². The lowest BCUT2D eigenvalue weighted by atomic mass is 10.2. The predicted octanol–water partition coefficient (Wildman–Crippen LogP) is 4.49. The fraction of sp³-hybridized carbons (Fsp3) is 0.133. The number of halogens is 2. The summed E-state index contributed by atoms with van der Waals surface area (Å²) in [7, 11) is 1.99. The van der Waals surface area contributed by atoms with Crippen molar-refractivity contribution in [3.05, 3.63) is 58.1 Å². The van der Waals surface area contributed by atoms with E-state index in [4.69, 9.17) is 23.2 Å². The van der Waals surface area contributed by atoms with Gasteiger partial charge < -0.3 is 9.88 Å². The molecule has 1 heterocycles. The fourth-order valence-electron chi connectivity index (χ4n) is 2.13. The van der Waals surface area contributed by atoms with Gasteiger partial charge in [0.25, 0.3) is 0 Å². The number of fused-ring (bicyclic) bond motifs is 1. The molecule has 0 spiro atoms. The molecule has 3 nitrogen and oxygen atoms in total. The standard InChI is InChI=1S/C15H13Cl2N3/c1-20-14-5-3-2-4-13(14)19-15(20)18-9-10-6-7-11(16)12(17)8-10/h2-8H,9H2,1H3,(H,18,19). The molecule has 3 aromatic rings. The number of aryl methyl sites for hydroxylation is 1. The largest absolute Gasteiger partial charge is 0.352 e. The highest BCUT2D eigenvalue weighted by Gasteiger charge is 2.06. The highest BCUT2D eigenvalue weighted by Crippen LogP contribution is 2.23. The van der Waals surface area contributed by atoms with Gasteiger partial charge in [0.1, 0.15) is 0 Å². The van der Waals surface area contributed by atoms with E-state index in [1.807, 2.05) is 48.0 Å². The van der Waals surface area contributed by atoms with Crippen LogP contribution in [-0.4, -0.2) is 9.55 Å². The Balaban J connectivity index is 1.83. The van der Waals surface area contributed by atoms with Crippen LogP contribution >= 0.6 is 23.2 Å². The van der Waals surface area contributed by atoms with Crippen molar-refractivity contribution in [1.29, 1.82) is 0 Å². The molecule has 5 heteroatoms. The number of nitrogens with one attached hydrogen (secondary N) is 1. The number of hydrogen-bond acceptors (Lipinski definition) is 2. The maximum absolute atomic E-state index is 6.01. The summed E-state index contributed by atoms with van der Waals surface area (Å²) in [5.74, 6) is 0.831. The van der Waals surface area contributed by atoms with Crippen molar-refractivity contribution in [1.82, 2.24) is 9.55 Å². The Bertz CT molecular complexity index is 765. The van der Waals surface area contributed by atoms with Gasteiger partial charge in [-0.05, 0) is 29.8 Å². The van der Waals surface area contributed by atoms with Gasteiger partial charge in [0, 0.05) is 13.6 Å². The van der Waals surface area contributed by atoms with Gasteiger partial charge in [-0.1, -0.05) is 41.4 Å². The molecule has 20 heavy (non-hydrogen) atoms. The molecule has 0 saturated heterocycles. The summed E-state index contributed by atoms with van der Waals surface area (Å²) in [4.78, 5) is 4.56. The maximum Gasteiger partial charge on any atom is 0.203 e. The van der Waals surface area contributed by atoms with Crippen molar-refractivity contribution in [2.24, 2.45) is 7.05 Å². The lowest BCUT2D eigenvalue weighted by Gasteiger charge is -2.07. The van der Waals surface area contributed by atoms with Crippen molar-refractivity contribution in [3.8, 4) is 0 Å². The Kier molecular flexibility index (Phi) is 3.55. The molecule has 0 radical (unpaired) electrons. The van der Waals surface area contributed by atoms with Gasteiger partial charge in [0.05, 0.1) is 21.1 Å². The Hall–Kier alpha value is -1.71. The zero-order chi connectivity index (χ0) is 14.1. The minimum Gasteiger partial charge on any atom is -0.352 e. The van der Waals surface area contributed by atoms with Crippen LogP contribution < -0.4 is 5.32 Å². The molecule has 1 aromatic heterocycles. The van der Waals surface area contributed by atoms with E-state index in [2.05, 4.69) is 10.3 Å². The molecular formula is C15H13Cl2N3. The van der Waals surface area contributed by atoms with Crippen LogP contribution in [0, 0.1) is 0 Å². The molecule has 0 aliphatic heterocycles. The van der Waals surface area contributed by atoms with Crippen LogP contribution in [0.1, 0.15) is 5.56 Å². The molecule has 0 aliphatic rings. The van der Waals surface area contributed by atoms with Crippen LogP contribution in [0.2, 0.25) is 10.0 Å². The van der Waals surface area contributed by atoms with E-state index in [-0.39, 0.29) is 0 Å². The smallest absolute Gasteiger partial charge is 0.203 e. The van der Waals surface area contributed by atoms with Crippen molar-refractivity contribution < 1.29 is 0 Å². The first-order valence-electron chi connectivity index (χ1n) is 6.24. The molecule has 3 rings (SSSR count). The molecule has 1 N–H and O–H groups in total. The zero-order valence-corrected chi connectivity index (χ0v) is 12.4. The number of benzene rings is 2. The highest BCUT2D eigenvalue weighted by molar-refractivity contribution is 6.42. The SMILES string of the molecule is Cn1c(NCc2ccc(Cl)c(Cl)c2)nc2ccccc21. The van der Waals surface area contributed by atoms with Crippen LogP contribution in [0.15, 0.2) is 42.5 Å². The van der Waals surface area contributed by atoms with E-state index in [9.17, 15) is 0 Å². The first-order chi connectivity index (χ1) is 9.65. The van der Waals surface area contributed by atoms with Crippen LogP contribution in [-0.2, 0) is 13.6 Å². The topological polar surface area (TPSA) is 29.9 Å². The Labute approximate surface area is 127 Å². The normalized spacial score (nSPS) is 10.9. The molecule has 0 aliphatic carbocycles. The van der Waals surface area contributed by atoms with E-state index in [0.717, 1.165) is 22.5 Å². The second-order valence-electron chi connectivity index (χ2n) is 4.59. The van der Waals surface area contributed by atoms with E-state index in [1.165, 1.54) is 0 Å². The minimum absolute atomic E-state index is 0.566. The number of rotatable bonds is 3. The number of hydrogen-bond donors (Lipinski definition) is 1. The fourth-order valence-corrected chi connectivity index (χ4v) is 2.46. The molecular weight excluding hydrogens is 293 g/mol. The summed E-state index contributed by atoms with van der Waals surface area (Å²) in [5, 5.41) is 4.45. The monoisotopic (exact) mass is 305 g/mol. The average molecular weight is 306 g/mol. The summed E-state index contributed by atoms with van der Waals surface area (Å²) in [6.45, 7) is 0.647. The summed E-state index contributed by atoms with van der Waals surface area (Å²) in [5.41, 5.74) is 3.14. The number of nitrogens with zero attached hydrogens (tertiary/aromatic N) is 2. The molecule has 0 saturated carbocycles. The lowest BCUT2D eigenvalue weighted by molar-refractivity contribution is 0.927. The maximum atomic E-state index is 6.01. The van der Waals surface area contributed by atoms with Gasteiger partial charge in [-0.15, -0.1) is 0 Å². The average Bonchev–Trinajstić information content (AvgIpc) is 2.77. The minimum atomic E-state index is 0.566. The summed E-state index contributed by atoms with van der Waals surface area (Å²) >= 11 is 11.9. The van der Waals surface area contributed by atoms with Gasteiger partial charge in [0.2, 0.25) is 5.95 Å². The molecule has 2 aromatic carbocycles. The van der Waals surface area contributed by atoms with Crippen LogP contribution in [0.5, 0.6) is 0 Å². The third kappa shape index (κ3) is 2.47. The molecule has 0 atom stereocenters. The van der Waals surface area contributed by atoms with Gasteiger partial charge in [-0.2, -0.15) is 0 Å². The predicted molar refractivity (Wildman–Crippen MR) is 84.5 cm³/mol. The van der Waals surface area contributed by atoms with Crippen molar-refractivity contribution >= 4 is 40.2 Å². The third-order valence-corrected chi connectivity index (χ3v) is 3.96.